The Hall–Kier alpha value is -0.250. The molecule has 0 saturated heterocycles. The van der Waals surface area contributed by atoms with E-state index in [2.05, 4.69) is 21.2 Å². The van der Waals surface area contributed by atoms with Gasteiger partial charge in [-0.15, -0.1) is 0 Å². The molecule has 3 nitrogen and oxygen atoms in total. The fourth-order valence-corrected chi connectivity index (χ4v) is 1.16. The SMILES string of the molecule is O=C(O)NCCCCCCBr. The second kappa shape index (κ2) is 7.85. The third kappa shape index (κ3) is 9.75. The summed E-state index contributed by atoms with van der Waals surface area (Å²) in [4.78, 5) is 9.97. The van der Waals surface area contributed by atoms with Gasteiger partial charge in [0, 0.05) is 11.9 Å². The fraction of sp³-hybridized carbons (Fsp3) is 0.857. The maximum Gasteiger partial charge on any atom is 0.404 e. The summed E-state index contributed by atoms with van der Waals surface area (Å²) >= 11 is 3.33. The third-order valence-electron chi connectivity index (χ3n) is 1.34. The normalized spacial score (nSPS) is 9.55. The lowest BCUT2D eigenvalue weighted by molar-refractivity contribution is 0.194. The van der Waals surface area contributed by atoms with Crippen LogP contribution in [0.1, 0.15) is 25.7 Å². The molecule has 0 aliphatic heterocycles. The molecule has 0 aromatic rings. The van der Waals surface area contributed by atoms with Crippen LogP contribution >= 0.6 is 15.9 Å². The van der Waals surface area contributed by atoms with Crippen LogP contribution in [0, 0.1) is 0 Å². The van der Waals surface area contributed by atoms with E-state index in [-0.39, 0.29) is 0 Å². The zero-order chi connectivity index (χ0) is 8.53. The molecule has 0 heterocycles. The van der Waals surface area contributed by atoms with Crippen molar-refractivity contribution in [1.82, 2.24) is 5.32 Å². The Bertz CT molecular complexity index is 109. The maximum atomic E-state index is 9.97. The van der Waals surface area contributed by atoms with E-state index in [1.165, 1.54) is 12.8 Å². The van der Waals surface area contributed by atoms with Gasteiger partial charge in [-0.05, 0) is 12.8 Å². The lowest BCUT2D eigenvalue weighted by Crippen LogP contribution is -2.21. The van der Waals surface area contributed by atoms with Crippen LogP contribution in [0.2, 0.25) is 0 Å². The van der Waals surface area contributed by atoms with Gasteiger partial charge in [-0.2, -0.15) is 0 Å². The standard InChI is InChI=1S/C7H14BrNO2/c8-5-3-1-2-4-6-9-7(10)11/h9H,1-6H2,(H,10,11). The number of carboxylic acid groups (broad SMARTS) is 1. The van der Waals surface area contributed by atoms with E-state index in [0.717, 1.165) is 18.2 Å². The maximum absolute atomic E-state index is 9.97. The van der Waals surface area contributed by atoms with Crippen molar-refractivity contribution in [1.29, 1.82) is 0 Å². The highest BCUT2D eigenvalue weighted by atomic mass is 79.9. The summed E-state index contributed by atoms with van der Waals surface area (Å²) in [6.45, 7) is 0.581. The summed E-state index contributed by atoms with van der Waals surface area (Å²) in [5, 5.41) is 11.6. The largest absolute Gasteiger partial charge is 0.465 e. The van der Waals surface area contributed by atoms with Crippen molar-refractivity contribution in [2.45, 2.75) is 25.7 Å². The van der Waals surface area contributed by atoms with E-state index in [0.29, 0.717) is 6.54 Å². The first-order valence-corrected chi connectivity index (χ1v) is 4.92. The average Bonchev–Trinajstić information content (AvgIpc) is 1.96. The summed E-state index contributed by atoms with van der Waals surface area (Å²) in [6.07, 6.45) is 3.47. The highest BCUT2D eigenvalue weighted by Gasteiger charge is 1.92. The van der Waals surface area contributed by atoms with Gasteiger partial charge in [-0.3, -0.25) is 0 Å². The van der Waals surface area contributed by atoms with E-state index >= 15 is 0 Å². The zero-order valence-electron chi connectivity index (χ0n) is 6.48. The summed E-state index contributed by atoms with van der Waals surface area (Å²) < 4.78 is 0. The topological polar surface area (TPSA) is 49.3 Å². The number of unbranched alkanes of at least 4 members (excludes halogenated alkanes) is 3. The van der Waals surface area contributed by atoms with Gasteiger partial charge in [-0.1, -0.05) is 28.8 Å². The monoisotopic (exact) mass is 223 g/mol. The second-order valence-electron chi connectivity index (χ2n) is 2.34. The molecule has 0 saturated carbocycles. The van der Waals surface area contributed by atoms with Gasteiger partial charge in [-0.25, -0.2) is 4.79 Å². The van der Waals surface area contributed by atoms with Crippen molar-refractivity contribution in [3.63, 3.8) is 0 Å². The molecule has 0 aromatic heterocycles. The molecule has 0 aliphatic carbocycles. The molecule has 0 fully saturated rings. The van der Waals surface area contributed by atoms with Crippen LogP contribution in [0.4, 0.5) is 4.79 Å². The lowest BCUT2D eigenvalue weighted by atomic mass is 10.2. The Morgan fingerprint density at radius 3 is 2.45 bits per heavy atom. The quantitative estimate of drug-likeness (QED) is 0.536. The minimum atomic E-state index is -0.925. The third-order valence-corrected chi connectivity index (χ3v) is 1.90. The van der Waals surface area contributed by atoms with Gasteiger partial charge in [0.05, 0.1) is 0 Å². The van der Waals surface area contributed by atoms with Crippen molar-refractivity contribution in [3.8, 4) is 0 Å². The molecule has 0 atom stereocenters. The van der Waals surface area contributed by atoms with Crippen LogP contribution < -0.4 is 5.32 Å². The van der Waals surface area contributed by atoms with Gasteiger partial charge in [0.1, 0.15) is 0 Å². The first-order chi connectivity index (χ1) is 5.27. The number of carbonyl (C=O) groups is 1. The molecule has 2 N–H and O–H groups in total. The van der Waals surface area contributed by atoms with E-state index in [9.17, 15) is 4.79 Å². The molecule has 0 aromatic carbocycles. The van der Waals surface area contributed by atoms with E-state index in [1.807, 2.05) is 0 Å². The van der Waals surface area contributed by atoms with Gasteiger partial charge < -0.3 is 10.4 Å². The Labute approximate surface area is 75.3 Å². The Morgan fingerprint density at radius 1 is 1.27 bits per heavy atom. The van der Waals surface area contributed by atoms with Crippen molar-refractivity contribution in [3.05, 3.63) is 0 Å². The highest BCUT2D eigenvalue weighted by Crippen LogP contribution is 2.00. The van der Waals surface area contributed by atoms with Gasteiger partial charge in [0.15, 0.2) is 0 Å². The number of halogens is 1. The molecule has 0 radical (unpaired) electrons. The molecule has 66 valence electrons. The number of hydrogen-bond donors (Lipinski definition) is 2. The van der Waals surface area contributed by atoms with Crippen molar-refractivity contribution >= 4 is 22.0 Å². The molecule has 11 heavy (non-hydrogen) atoms. The smallest absolute Gasteiger partial charge is 0.404 e. The number of nitrogens with one attached hydrogen (secondary N) is 1. The lowest BCUT2D eigenvalue weighted by Gasteiger charge is -1.99. The average molecular weight is 224 g/mol. The number of amides is 1. The Morgan fingerprint density at radius 2 is 1.91 bits per heavy atom. The van der Waals surface area contributed by atoms with Crippen LogP contribution in [0.25, 0.3) is 0 Å². The van der Waals surface area contributed by atoms with Gasteiger partial charge >= 0.3 is 6.09 Å². The molecule has 0 spiro atoms. The zero-order valence-corrected chi connectivity index (χ0v) is 8.06. The first kappa shape index (κ1) is 10.8. The van der Waals surface area contributed by atoms with Gasteiger partial charge in [0.25, 0.3) is 0 Å². The molecular formula is C7H14BrNO2. The Balaban J connectivity index is 2.85. The number of rotatable bonds is 6. The molecule has 4 heteroatoms. The molecule has 0 bridgehead atoms. The van der Waals surface area contributed by atoms with Crippen molar-refractivity contribution < 1.29 is 9.90 Å². The van der Waals surface area contributed by atoms with Crippen LogP contribution in [0.3, 0.4) is 0 Å². The highest BCUT2D eigenvalue weighted by molar-refractivity contribution is 9.09. The molecule has 0 rings (SSSR count). The summed E-state index contributed by atoms with van der Waals surface area (Å²) in [5.41, 5.74) is 0. The van der Waals surface area contributed by atoms with E-state index in [1.54, 1.807) is 0 Å². The number of hydrogen-bond acceptors (Lipinski definition) is 1. The molecular weight excluding hydrogens is 210 g/mol. The van der Waals surface area contributed by atoms with E-state index in [4.69, 9.17) is 5.11 Å². The summed E-state index contributed by atoms with van der Waals surface area (Å²) in [6, 6.07) is 0. The van der Waals surface area contributed by atoms with Crippen LogP contribution in [-0.2, 0) is 0 Å². The predicted molar refractivity (Wildman–Crippen MR) is 48.3 cm³/mol. The van der Waals surface area contributed by atoms with Crippen LogP contribution in [0.5, 0.6) is 0 Å². The number of alkyl halides is 1. The molecule has 0 unspecified atom stereocenters. The van der Waals surface area contributed by atoms with Crippen LogP contribution in [0.15, 0.2) is 0 Å². The van der Waals surface area contributed by atoms with Gasteiger partial charge in [0.2, 0.25) is 0 Å². The molecule has 0 aliphatic rings. The Kier molecular flexibility index (Phi) is 7.67. The minimum Gasteiger partial charge on any atom is -0.465 e. The van der Waals surface area contributed by atoms with Crippen molar-refractivity contribution in [2.75, 3.05) is 11.9 Å². The summed E-state index contributed by atoms with van der Waals surface area (Å²) in [7, 11) is 0. The van der Waals surface area contributed by atoms with Crippen molar-refractivity contribution in [2.24, 2.45) is 0 Å². The minimum absolute atomic E-state index is 0.581. The summed E-state index contributed by atoms with van der Waals surface area (Å²) in [5.74, 6) is 0. The second-order valence-corrected chi connectivity index (χ2v) is 3.13. The van der Waals surface area contributed by atoms with E-state index < -0.39 is 6.09 Å². The van der Waals surface area contributed by atoms with Crippen LogP contribution in [-0.4, -0.2) is 23.1 Å². The molecule has 1 amide bonds. The fourth-order valence-electron chi connectivity index (χ4n) is 0.768. The first-order valence-electron chi connectivity index (χ1n) is 3.80. The predicted octanol–water partition coefficient (Wildman–Crippen LogP) is 2.21.